The van der Waals surface area contributed by atoms with Gasteiger partial charge in [0.15, 0.2) is 17.3 Å². The number of H-pyrrole nitrogens is 1. The van der Waals surface area contributed by atoms with Gasteiger partial charge in [0, 0.05) is 24.6 Å². The third-order valence-electron chi connectivity index (χ3n) is 4.84. The van der Waals surface area contributed by atoms with Gasteiger partial charge in [-0.3, -0.25) is 5.10 Å². The van der Waals surface area contributed by atoms with Gasteiger partial charge in [0.1, 0.15) is 5.82 Å². The van der Waals surface area contributed by atoms with Gasteiger partial charge in [0.05, 0.1) is 6.10 Å². The molecule has 24 heavy (non-hydrogen) atoms. The van der Waals surface area contributed by atoms with E-state index in [1.165, 1.54) is 0 Å². The molecule has 0 unspecified atom stereocenters. The number of hydrogen-bond acceptors (Lipinski definition) is 6. The highest BCUT2D eigenvalue weighted by Gasteiger charge is 2.35. The van der Waals surface area contributed by atoms with E-state index in [2.05, 4.69) is 20.5 Å². The largest absolute Gasteiger partial charge is 0.454 e. The number of nitrogens with one attached hydrogen (secondary N) is 2. The van der Waals surface area contributed by atoms with Crippen molar-refractivity contribution in [1.29, 1.82) is 0 Å². The molecule has 3 atom stereocenters. The molecule has 7 heteroatoms. The minimum Gasteiger partial charge on any atom is -0.454 e. The second kappa shape index (κ2) is 6.41. The SMILES string of the molecule is Cc1nc([C@H]2C[C@H](CNCc3cccc4c3OCO4)[C@H](O)C2)n[nH]1. The first-order valence-electron chi connectivity index (χ1n) is 8.36. The quantitative estimate of drug-likeness (QED) is 0.769. The van der Waals surface area contributed by atoms with Crippen molar-refractivity contribution in [3.8, 4) is 11.5 Å². The molecule has 0 amide bonds. The number of fused-ring (bicyclic) bond motifs is 1. The monoisotopic (exact) mass is 330 g/mol. The molecule has 2 aromatic rings. The van der Waals surface area contributed by atoms with Crippen molar-refractivity contribution in [1.82, 2.24) is 20.5 Å². The summed E-state index contributed by atoms with van der Waals surface area (Å²) in [5.41, 5.74) is 1.08. The molecular formula is C17H22N4O3. The summed E-state index contributed by atoms with van der Waals surface area (Å²) in [6.45, 7) is 3.63. The van der Waals surface area contributed by atoms with Gasteiger partial charge >= 0.3 is 0 Å². The first-order chi connectivity index (χ1) is 11.7. The molecule has 1 aromatic heterocycles. The van der Waals surface area contributed by atoms with Crippen LogP contribution in [-0.2, 0) is 6.54 Å². The van der Waals surface area contributed by atoms with Gasteiger partial charge in [-0.15, -0.1) is 0 Å². The van der Waals surface area contributed by atoms with Crippen molar-refractivity contribution in [2.24, 2.45) is 5.92 Å². The summed E-state index contributed by atoms with van der Waals surface area (Å²) in [5, 5.41) is 20.9. The van der Waals surface area contributed by atoms with Crippen molar-refractivity contribution in [3.63, 3.8) is 0 Å². The molecule has 0 bridgehead atoms. The summed E-state index contributed by atoms with van der Waals surface area (Å²) in [7, 11) is 0. The lowest BCUT2D eigenvalue weighted by molar-refractivity contribution is 0.131. The molecule has 3 N–H and O–H groups in total. The highest BCUT2D eigenvalue weighted by atomic mass is 16.7. The van der Waals surface area contributed by atoms with E-state index in [1.54, 1.807) is 0 Å². The van der Waals surface area contributed by atoms with Crippen molar-refractivity contribution in [2.75, 3.05) is 13.3 Å². The normalized spacial score (nSPS) is 25.3. The topological polar surface area (TPSA) is 92.3 Å². The average molecular weight is 330 g/mol. The number of aliphatic hydroxyl groups excluding tert-OH is 1. The Morgan fingerprint density at radius 2 is 2.25 bits per heavy atom. The fraction of sp³-hybridized carbons (Fsp3) is 0.529. The first kappa shape index (κ1) is 15.4. The van der Waals surface area contributed by atoms with Crippen LogP contribution >= 0.6 is 0 Å². The molecule has 128 valence electrons. The maximum absolute atomic E-state index is 10.3. The van der Waals surface area contributed by atoms with Crippen molar-refractivity contribution >= 4 is 0 Å². The molecule has 1 aliphatic heterocycles. The smallest absolute Gasteiger partial charge is 0.231 e. The van der Waals surface area contributed by atoms with Crippen molar-refractivity contribution < 1.29 is 14.6 Å². The zero-order valence-corrected chi connectivity index (χ0v) is 13.7. The molecule has 1 aromatic carbocycles. The number of benzene rings is 1. The zero-order valence-electron chi connectivity index (χ0n) is 13.7. The van der Waals surface area contributed by atoms with E-state index < -0.39 is 0 Å². The Bertz CT molecular complexity index is 718. The Balaban J connectivity index is 1.33. The van der Waals surface area contributed by atoms with Crippen LogP contribution in [0.1, 0.15) is 36.0 Å². The van der Waals surface area contributed by atoms with Gasteiger partial charge in [-0.1, -0.05) is 12.1 Å². The van der Waals surface area contributed by atoms with E-state index in [0.717, 1.165) is 48.1 Å². The maximum atomic E-state index is 10.3. The van der Waals surface area contributed by atoms with Crippen LogP contribution in [0.5, 0.6) is 11.5 Å². The van der Waals surface area contributed by atoms with E-state index in [-0.39, 0.29) is 24.7 Å². The predicted molar refractivity (Wildman–Crippen MR) is 86.9 cm³/mol. The molecular weight excluding hydrogens is 308 g/mol. The second-order valence-corrected chi connectivity index (χ2v) is 6.56. The molecule has 0 spiro atoms. The molecule has 4 rings (SSSR count). The van der Waals surface area contributed by atoms with Crippen molar-refractivity contribution in [2.45, 2.75) is 38.3 Å². The second-order valence-electron chi connectivity index (χ2n) is 6.56. The van der Waals surface area contributed by atoms with Crippen LogP contribution < -0.4 is 14.8 Å². The predicted octanol–water partition coefficient (Wildman–Crippen LogP) is 1.49. The first-order valence-corrected chi connectivity index (χ1v) is 8.36. The Labute approximate surface area is 140 Å². The fourth-order valence-corrected chi connectivity index (χ4v) is 3.60. The van der Waals surface area contributed by atoms with Crippen LogP contribution in [0.15, 0.2) is 18.2 Å². The van der Waals surface area contributed by atoms with Crippen LogP contribution in [0.2, 0.25) is 0 Å². The van der Waals surface area contributed by atoms with Crippen molar-refractivity contribution in [3.05, 3.63) is 35.4 Å². The number of aromatic amines is 1. The molecule has 1 aliphatic carbocycles. The zero-order chi connectivity index (χ0) is 16.5. The minimum atomic E-state index is -0.317. The molecule has 1 saturated carbocycles. The Morgan fingerprint density at radius 3 is 3.08 bits per heavy atom. The number of hydrogen-bond donors (Lipinski definition) is 3. The summed E-state index contributed by atoms with van der Waals surface area (Å²) in [6.07, 6.45) is 1.31. The molecule has 0 saturated heterocycles. The van der Waals surface area contributed by atoms with Gasteiger partial charge < -0.3 is 19.9 Å². The fourth-order valence-electron chi connectivity index (χ4n) is 3.60. The van der Waals surface area contributed by atoms with E-state index in [0.29, 0.717) is 6.54 Å². The highest BCUT2D eigenvalue weighted by Crippen LogP contribution is 2.37. The van der Waals surface area contributed by atoms with E-state index in [4.69, 9.17) is 9.47 Å². The number of para-hydroxylation sites is 1. The third kappa shape index (κ3) is 2.97. The van der Waals surface area contributed by atoms with E-state index in [9.17, 15) is 5.11 Å². The van der Waals surface area contributed by atoms with Crippen LogP contribution in [0.25, 0.3) is 0 Å². The summed E-state index contributed by atoms with van der Waals surface area (Å²) >= 11 is 0. The number of rotatable bonds is 5. The maximum Gasteiger partial charge on any atom is 0.231 e. The highest BCUT2D eigenvalue weighted by molar-refractivity contribution is 5.48. The molecule has 0 radical (unpaired) electrons. The average Bonchev–Trinajstić information content (AvgIpc) is 3.28. The number of aliphatic hydroxyl groups is 1. The van der Waals surface area contributed by atoms with Gasteiger partial charge in [0.25, 0.3) is 0 Å². The molecule has 2 heterocycles. The summed E-state index contributed by atoms with van der Waals surface area (Å²) < 4.78 is 10.9. The molecule has 7 nitrogen and oxygen atoms in total. The van der Waals surface area contributed by atoms with E-state index in [1.807, 2.05) is 25.1 Å². The van der Waals surface area contributed by atoms with Gasteiger partial charge in [-0.2, -0.15) is 5.10 Å². The minimum absolute atomic E-state index is 0.211. The van der Waals surface area contributed by atoms with Crippen LogP contribution in [-0.4, -0.2) is 39.7 Å². The van der Waals surface area contributed by atoms with Crippen LogP contribution in [0, 0.1) is 12.8 Å². The lowest BCUT2D eigenvalue weighted by Crippen LogP contribution is -2.27. The number of nitrogens with zero attached hydrogens (tertiary/aromatic N) is 2. The Morgan fingerprint density at radius 1 is 1.33 bits per heavy atom. The third-order valence-corrected chi connectivity index (χ3v) is 4.84. The summed E-state index contributed by atoms with van der Waals surface area (Å²) in [6, 6.07) is 5.91. The number of aromatic nitrogens is 3. The van der Waals surface area contributed by atoms with Gasteiger partial charge in [-0.25, -0.2) is 4.98 Å². The Hall–Kier alpha value is -2.12. The molecule has 1 fully saturated rings. The number of aryl methyl sites for hydroxylation is 1. The van der Waals surface area contributed by atoms with E-state index >= 15 is 0 Å². The molecule has 2 aliphatic rings. The standard InChI is InChI=1S/C17H22N4O3/c1-10-19-17(21-20-10)12-5-13(14(22)6-12)8-18-7-11-3-2-4-15-16(11)24-9-23-15/h2-4,12-14,18,22H,5-9H2,1H3,(H,19,20,21)/t12-,13+,14+/m0/s1. The number of ether oxygens (including phenoxy) is 2. The van der Waals surface area contributed by atoms with Crippen LogP contribution in [0.4, 0.5) is 0 Å². The summed E-state index contributed by atoms with van der Waals surface area (Å²) in [4.78, 5) is 4.40. The lowest BCUT2D eigenvalue weighted by atomic mass is 10.0. The van der Waals surface area contributed by atoms with Gasteiger partial charge in [0.2, 0.25) is 6.79 Å². The summed E-state index contributed by atoms with van der Waals surface area (Å²) in [5.74, 6) is 3.71. The Kier molecular flexibility index (Phi) is 4.12. The van der Waals surface area contributed by atoms with Gasteiger partial charge in [-0.05, 0) is 31.7 Å². The van der Waals surface area contributed by atoms with Crippen LogP contribution in [0.3, 0.4) is 0 Å². The lowest BCUT2D eigenvalue weighted by Gasteiger charge is -2.15.